The molecule has 0 saturated carbocycles. The topological polar surface area (TPSA) is 29.9 Å². The van der Waals surface area contributed by atoms with Gasteiger partial charge in [-0.3, -0.25) is 0 Å². The van der Waals surface area contributed by atoms with Gasteiger partial charge in [0.1, 0.15) is 0 Å². The first-order valence-electron chi connectivity index (χ1n) is 6.71. The molecule has 0 aliphatic rings. The van der Waals surface area contributed by atoms with Gasteiger partial charge in [-0.25, -0.2) is 4.68 Å². The number of benzene rings is 1. The van der Waals surface area contributed by atoms with E-state index in [2.05, 4.69) is 23.5 Å². The number of hydrogen-bond donors (Lipinski definition) is 1. The van der Waals surface area contributed by atoms with Gasteiger partial charge in [0.25, 0.3) is 0 Å². The molecule has 4 heteroatoms. The van der Waals surface area contributed by atoms with Gasteiger partial charge in [0.05, 0.1) is 11.9 Å². The molecule has 3 nitrogen and oxygen atoms in total. The second-order valence-corrected chi connectivity index (χ2v) is 5.09. The molecule has 1 aromatic carbocycles. The second-order valence-electron chi connectivity index (χ2n) is 4.68. The van der Waals surface area contributed by atoms with E-state index in [0.717, 1.165) is 42.2 Å². The quantitative estimate of drug-likeness (QED) is 0.821. The highest BCUT2D eigenvalue weighted by Crippen LogP contribution is 2.19. The molecule has 0 bridgehead atoms. The number of halogens is 1. The van der Waals surface area contributed by atoms with Crippen molar-refractivity contribution in [2.45, 2.75) is 26.7 Å². The first kappa shape index (κ1) is 14.1. The van der Waals surface area contributed by atoms with Crippen molar-refractivity contribution in [3.8, 4) is 5.69 Å². The van der Waals surface area contributed by atoms with Crippen LogP contribution in [-0.2, 0) is 6.42 Å². The fraction of sp³-hybridized carbons (Fsp3) is 0.400. The normalized spacial score (nSPS) is 10.9. The van der Waals surface area contributed by atoms with Crippen LogP contribution in [0.4, 0.5) is 0 Å². The van der Waals surface area contributed by atoms with E-state index in [9.17, 15) is 0 Å². The number of nitrogens with zero attached hydrogens (tertiary/aromatic N) is 2. The van der Waals surface area contributed by atoms with Crippen molar-refractivity contribution in [1.82, 2.24) is 15.1 Å². The van der Waals surface area contributed by atoms with E-state index in [1.807, 2.05) is 36.0 Å². The lowest BCUT2D eigenvalue weighted by Crippen LogP contribution is -2.14. The van der Waals surface area contributed by atoms with Crippen LogP contribution in [0.25, 0.3) is 5.69 Å². The van der Waals surface area contributed by atoms with Crippen LogP contribution in [0.1, 0.15) is 24.5 Å². The third-order valence-electron chi connectivity index (χ3n) is 3.13. The van der Waals surface area contributed by atoms with Crippen LogP contribution >= 0.6 is 11.6 Å². The minimum Gasteiger partial charge on any atom is -0.317 e. The summed E-state index contributed by atoms with van der Waals surface area (Å²) in [5.41, 5.74) is 3.35. The highest BCUT2D eigenvalue weighted by molar-refractivity contribution is 6.31. The number of nitrogens with one attached hydrogen (secondary N) is 1. The SMILES string of the molecule is CCNCCCc1cnn(-c2ccc(C)c(Cl)c2)c1. The Hall–Kier alpha value is -1.32. The molecule has 1 heterocycles. The van der Waals surface area contributed by atoms with Crippen molar-refractivity contribution in [2.24, 2.45) is 0 Å². The van der Waals surface area contributed by atoms with E-state index in [4.69, 9.17) is 11.6 Å². The zero-order valence-corrected chi connectivity index (χ0v) is 12.2. The zero-order chi connectivity index (χ0) is 13.7. The fourth-order valence-electron chi connectivity index (χ4n) is 1.95. The summed E-state index contributed by atoms with van der Waals surface area (Å²) >= 11 is 6.14. The van der Waals surface area contributed by atoms with Crippen molar-refractivity contribution in [2.75, 3.05) is 13.1 Å². The molecule has 0 aliphatic carbocycles. The third-order valence-corrected chi connectivity index (χ3v) is 3.53. The van der Waals surface area contributed by atoms with Crippen molar-refractivity contribution in [3.63, 3.8) is 0 Å². The number of rotatable bonds is 6. The van der Waals surface area contributed by atoms with E-state index in [1.54, 1.807) is 0 Å². The molecule has 0 spiro atoms. The van der Waals surface area contributed by atoms with Crippen molar-refractivity contribution in [3.05, 3.63) is 46.7 Å². The van der Waals surface area contributed by atoms with Crippen molar-refractivity contribution < 1.29 is 0 Å². The average molecular weight is 278 g/mol. The maximum atomic E-state index is 6.14. The molecule has 0 saturated heterocycles. The predicted molar refractivity (Wildman–Crippen MR) is 80.2 cm³/mol. The summed E-state index contributed by atoms with van der Waals surface area (Å²) in [4.78, 5) is 0. The summed E-state index contributed by atoms with van der Waals surface area (Å²) < 4.78 is 1.88. The number of aryl methyl sites for hydroxylation is 2. The minimum absolute atomic E-state index is 0.779. The maximum Gasteiger partial charge on any atom is 0.0660 e. The summed E-state index contributed by atoms with van der Waals surface area (Å²) in [6.45, 7) is 6.21. The van der Waals surface area contributed by atoms with E-state index in [1.165, 1.54) is 5.56 Å². The van der Waals surface area contributed by atoms with Crippen LogP contribution in [0.2, 0.25) is 5.02 Å². The van der Waals surface area contributed by atoms with Crippen molar-refractivity contribution in [1.29, 1.82) is 0 Å². The highest BCUT2D eigenvalue weighted by Gasteiger charge is 2.03. The van der Waals surface area contributed by atoms with Gasteiger partial charge in [-0.15, -0.1) is 0 Å². The van der Waals surface area contributed by atoms with Gasteiger partial charge < -0.3 is 5.32 Å². The summed E-state index contributed by atoms with van der Waals surface area (Å²) in [6.07, 6.45) is 6.19. The maximum absolute atomic E-state index is 6.14. The van der Waals surface area contributed by atoms with Crippen LogP contribution in [0, 0.1) is 6.92 Å². The molecule has 1 aromatic heterocycles. The standard InChI is InChI=1S/C15H20ClN3/c1-3-17-8-4-5-13-10-18-19(11-13)14-7-6-12(2)15(16)9-14/h6-7,9-11,17H,3-5,8H2,1-2H3. The molecule has 2 aromatic rings. The third kappa shape index (κ3) is 3.82. The molecule has 0 amide bonds. The van der Waals surface area contributed by atoms with E-state index in [-0.39, 0.29) is 0 Å². The van der Waals surface area contributed by atoms with Gasteiger partial charge in [0.2, 0.25) is 0 Å². The van der Waals surface area contributed by atoms with Crippen LogP contribution < -0.4 is 5.32 Å². The van der Waals surface area contributed by atoms with Gasteiger partial charge in [0.15, 0.2) is 0 Å². The molecule has 0 radical (unpaired) electrons. The lowest BCUT2D eigenvalue weighted by atomic mass is 10.2. The highest BCUT2D eigenvalue weighted by atomic mass is 35.5. The first-order chi connectivity index (χ1) is 9.20. The largest absolute Gasteiger partial charge is 0.317 e. The van der Waals surface area contributed by atoms with E-state index >= 15 is 0 Å². The fourth-order valence-corrected chi connectivity index (χ4v) is 2.12. The first-order valence-corrected chi connectivity index (χ1v) is 7.09. The Bertz CT molecular complexity index is 534. The van der Waals surface area contributed by atoms with Gasteiger partial charge in [-0.05, 0) is 56.1 Å². The number of aromatic nitrogens is 2. The monoisotopic (exact) mass is 277 g/mol. The summed E-state index contributed by atoms with van der Waals surface area (Å²) in [5, 5.41) is 8.50. The van der Waals surface area contributed by atoms with Gasteiger partial charge in [-0.2, -0.15) is 5.10 Å². The van der Waals surface area contributed by atoms with E-state index in [0.29, 0.717) is 0 Å². The Morgan fingerprint density at radius 1 is 1.37 bits per heavy atom. The van der Waals surface area contributed by atoms with E-state index < -0.39 is 0 Å². The van der Waals surface area contributed by atoms with Crippen LogP contribution in [-0.4, -0.2) is 22.9 Å². The van der Waals surface area contributed by atoms with Crippen LogP contribution in [0.3, 0.4) is 0 Å². The Balaban J connectivity index is 2.01. The van der Waals surface area contributed by atoms with Crippen molar-refractivity contribution >= 4 is 11.6 Å². The Morgan fingerprint density at radius 2 is 2.21 bits per heavy atom. The molecule has 0 fully saturated rings. The van der Waals surface area contributed by atoms with Crippen LogP contribution in [0.15, 0.2) is 30.6 Å². The minimum atomic E-state index is 0.779. The lowest BCUT2D eigenvalue weighted by Gasteiger charge is -2.03. The molecule has 1 N–H and O–H groups in total. The van der Waals surface area contributed by atoms with Gasteiger partial charge >= 0.3 is 0 Å². The molecular weight excluding hydrogens is 258 g/mol. The Labute approximate surface area is 119 Å². The summed E-state index contributed by atoms with van der Waals surface area (Å²) in [7, 11) is 0. The molecule has 19 heavy (non-hydrogen) atoms. The molecular formula is C15H20ClN3. The molecule has 102 valence electrons. The van der Waals surface area contributed by atoms with Gasteiger partial charge in [0, 0.05) is 11.2 Å². The molecule has 0 unspecified atom stereocenters. The summed E-state index contributed by atoms with van der Waals surface area (Å²) in [6, 6.07) is 6.01. The zero-order valence-electron chi connectivity index (χ0n) is 11.5. The Kier molecular flexibility index (Phi) is 5.00. The Morgan fingerprint density at radius 3 is 2.95 bits per heavy atom. The molecule has 0 atom stereocenters. The molecule has 2 rings (SSSR count). The van der Waals surface area contributed by atoms with Gasteiger partial charge in [-0.1, -0.05) is 24.6 Å². The second kappa shape index (κ2) is 6.73. The predicted octanol–water partition coefficient (Wildman–Crippen LogP) is 3.38. The lowest BCUT2D eigenvalue weighted by molar-refractivity contribution is 0.672. The number of hydrogen-bond acceptors (Lipinski definition) is 2. The summed E-state index contributed by atoms with van der Waals surface area (Å²) in [5.74, 6) is 0. The van der Waals surface area contributed by atoms with Crippen LogP contribution in [0.5, 0.6) is 0 Å². The molecule has 0 aliphatic heterocycles. The average Bonchev–Trinajstić information content (AvgIpc) is 2.87. The smallest absolute Gasteiger partial charge is 0.0660 e.